The standard InChI is InChI=1S/C15H22FNO/c1-10-4-5-12(8-11(10)2)17-13-6-7-14(16)15(9-13)18-3/h6-7,9-12,17H,4-5,8H2,1-3H3. The van der Waals surface area contributed by atoms with Crippen LogP contribution in [0.15, 0.2) is 18.2 Å². The van der Waals surface area contributed by atoms with Crippen molar-refractivity contribution in [2.45, 2.75) is 39.2 Å². The third-order valence-corrected chi connectivity index (χ3v) is 4.12. The van der Waals surface area contributed by atoms with E-state index in [4.69, 9.17) is 4.74 Å². The molecule has 0 bridgehead atoms. The number of ether oxygens (including phenoxy) is 1. The summed E-state index contributed by atoms with van der Waals surface area (Å²) in [4.78, 5) is 0. The van der Waals surface area contributed by atoms with Gasteiger partial charge in [-0.25, -0.2) is 4.39 Å². The molecule has 0 amide bonds. The molecule has 0 heterocycles. The number of hydrogen-bond donors (Lipinski definition) is 1. The van der Waals surface area contributed by atoms with Gasteiger partial charge >= 0.3 is 0 Å². The maximum Gasteiger partial charge on any atom is 0.165 e. The molecule has 18 heavy (non-hydrogen) atoms. The van der Waals surface area contributed by atoms with E-state index in [-0.39, 0.29) is 5.82 Å². The van der Waals surface area contributed by atoms with Crippen molar-refractivity contribution >= 4 is 5.69 Å². The molecule has 1 saturated carbocycles. The summed E-state index contributed by atoms with van der Waals surface area (Å²) in [5, 5.41) is 3.49. The molecule has 100 valence electrons. The first kappa shape index (κ1) is 13.2. The molecule has 3 atom stereocenters. The van der Waals surface area contributed by atoms with Gasteiger partial charge in [0.25, 0.3) is 0 Å². The van der Waals surface area contributed by atoms with Crippen molar-refractivity contribution in [3.63, 3.8) is 0 Å². The van der Waals surface area contributed by atoms with E-state index in [1.165, 1.54) is 32.4 Å². The topological polar surface area (TPSA) is 21.3 Å². The summed E-state index contributed by atoms with van der Waals surface area (Å²) in [5.41, 5.74) is 0.944. The van der Waals surface area contributed by atoms with Gasteiger partial charge < -0.3 is 10.1 Å². The Bertz CT molecular complexity index is 407. The Morgan fingerprint density at radius 3 is 2.67 bits per heavy atom. The van der Waals surface area contributed by atoms with Crippen molar-refractivity contribution in [3.05, 3.63) is 24.0 Å². The molecule has 0 aliphatic heterocycles. The van der Waals surface area contributed by atoms with E-state index in [1.54, 1.807) is 12.1 Å². The molecule has 0 radical (unpaired) electrons. The number of benzene rings is 1. The van der Waals surface area contributed by atoms with E-state index in [1.807, 2.05) is 0 Å². The molecular weight excluding hydrogens is 229 g/mol. The van der Waals surface area contributed by atoms with Gasteiger partial charge in [-0.3, -0.25) is 0 Å². The van der Waals surface area contributed by atoms with Gasteiger partial charge in [0.1, 0.15) is 0 Å². The van der Waals surface area contributed by atoms with Crippen LogP contribution in [0.5, 0.6) is 5.75 Å². The van der Waals surface area contributed by atoms with Crippen LogP contribution in [0.3, 0.4) is 0 Å². The highest BCUT2D eigenvalue weighted by Gasteiger charge is 2.24. The lowest BCUT2D eigenvalue weighted by Crippen LogP contribution is -2.30. The molecule has 2 rings (SSSR count). The van der Waals surface area contributed by atoms with Gasteiger partial charge in [-0.15, -0.1) is 0 Å². The molecule has 1 N–H and O–H groups in total. The average Bonchev–Trinajstić information content (AvgIpc) is 2.36. The lowest BCUT2D eigenvalue weighted by atomic mass is 9.79. The van der Waals surface area contributed by atoms with Crippen molar-refractivity contribution in [3.8, 4) is 5.75 Å². The van der Waals surface area contributed by atoms with Crippen LogP contribution in [-0.4, -0.2) is 13.2 Å². The first-order valence-electron chi connectivity index (χ1n) is 6.70. The van der Waals surface area contributed by atoms with Gasteiger partial charge in [0, 0.05) is 17.8 Å². The van der Waals surface area contributed by atoms with Gasteiger partial charge in [0.05, 0.1) is 7.11 Å². The summed E-state index contributed by atoms with van der Waals surface area (Å²) in [6, 6.07) is 5.46. The van der Waals surface area contributed by atoms with E-state index in [0.29, 0.717) is 11.8 Å². The van der Waals surface area contributed by atoms with Crippen molar-refractivity contribution in [1.29, 1.82) is 0 Å². The van der Waals surface area contributed by atoms with E-state index >= 15 is 0 Å². The molecule has 1 aromatic rings. The number of anilines is 1. The van der Waals surface area contributed by atoms with Crippen molar-refractivity contribution < 1.29 is 9.13 Å². The fourth-order valence-corrected chi connectivity index (χ4v) is 2.66. The zero-order valence-electron chi connectivity index (χ0n) is 11.4. The minimum absolute atomic E-state index is 0.303. The van der Waals surface area contributed by atoms with Crippen LogP contribution in [0.25, 0.3) is 0 Å². The third-order valence-electron chi connectivity index (χ3n) is 4.12. The summed E-state index contributed by atoms with van der Waals surface area (Å²) in [6.07, 6.45) is 3.63. The summed E-state index contributed by atoms with van der Waals surface area (Å²) >= 11 is 0. The van der Waals surface area contributed by atoms with Crippen LogP contribution in [-0.2, 0) is 0 Å². The van der Waals surface area contributed by atoms with Crippen LogP contribution < -0.4 is 10.1 Å². The molecule has 1 aliphatic rings. The fraction of sp³-hybridized carbons (Fsp3) is 0.600. The second-order valence-corrected chi connectivity index (χ2v) is 5.46. The van der Waals surface area contributed by atoms with Crippen molar-refractivity contribution in [2.24, 2.45) is 11.8 Å². The Morgan fingerprint density at radius 2 is 2.00 bits per heavy atom. The lowest BCUT2D eigenvalue weighted by Gasteiger charge is -2.33. The highest BCUT2D eigenvalue weighted by molar-refractivity contribution is 5.49. The van der Waals surface area contributed by atoms with Crippen LogP contribution >= 0.6 is 0 Å². The summed E-state index contributed by atoms with van der Waals surface area (Å²) < 4.78 is 18.3. The summed E-state index contributed by atoms with van der Waals surface area (Å²) in [6.45, 7) is 4.63. The number of halogens is 1. The van der Waals surface area contributed by atoms with Gasteiger partial charge in [-0.05, 0) is 43.2 Å². The Labute approximate surface area is 109 Å². The zero-order chi connectivity index (χ0) is 13.1. The first-order chi connectivity index (χ1) is 8.60. The van der Waals surface area contributed by atoms with Crippen molar-refractivity contribution in [1.82, 2.24) is 0 Å². The van der Waals surface area contributed by atoms with E-state index in [9.17, 15) is 4.39 Å². The summed E-state index contributed by atoms with van der Waals surface area (Å²) in [5.74, 6) is 1.55. The molecule has 0 saturated heterocycles. The second-order valence-electron chi connectivity index (χ2n) is 5.46. The fourth-order valence-electron chi connectivity index (χ4n) is 2.66. The maximum absolute atomic E-state index is 13.3. The molecule has 2 nitrogen and oxygen atoms in total. The van der Waals surface area contributed by atoms with E-state index in [0.717, 1.165) is 17.5 Å². The van der Waals surface area contributed by atoms with Crippen LogP contribution in [0.2, 0.25) is 0 Å². The molecule has 0 aromatic heterocycles. The van der Waals surface area contributed by atoms with Crippen molar-refractivity contribution in [2.75, 3.05) is 12.4 Å². The van der Waals surface area contributed by atoms with Crippen LogP contribution in [0.4, 0.5) is 10.1 Å². The quantitative estimate of drug-likeness (QED) is 0.874. The Morgan fingerprint density at radius 1 is 1.22 bits per heavy atom. The van der Waals surface area contributed by atoms with Gasteiger partial charge in [-0.1, -0.05) is 13.8 Å². The van der Waals surface area contributed by atoms with Gasteiger partial charge in [-0.2, -0.15) is 0 Å². The molecular formula is C15H22FNO. The summed E-state index contributed by atoms with van der Waals surface area (Å²) in [7, 11) is 1.49. The Kier molecular flexibility index (Phi) is 4.10. The number of nitrogens with one attached hydrogen (secondary N) is 1. The smallest absolute Gasteiger partial charge is 0.165 e. The molecule has 1 aromatic carbocycles. The Hall–Kier alpha value is -1.25. The molecule has 3 unspecified atom stereocenters. The lowest BCUT2D eigenvalue weighted by molar-refractivity contribution is 0.261. The second kappa shape index (κ2) is 5.59. The predicted octanol–water partition coefficient (Wildman–Crippen LogP) is 4.07. The first-order valence-corrected chi connectivity index (χ1v) is 6.70. The number of methoxy groups -OCH3 is 1. The van der Waals surface area contributed by atoms with E-state index in [2.05, 4.69) is 19.2 Å². The normalized spacial score (nSPS) is 27.9. The zero-order valence-corrected chi connectivity index (χ0v) is 11.4. The molecule has 0 spiro atoms. The highest BCUT2D eigenvalue weighted by Crippen LogP contribution is 2.31. The van der Waals surface area contributed by atoms with Crippen LogP contribution in [0, 0.1) is 17.7 Å². The largest absolute Gasteiger partial charge is 0.494 e. The predicted molar refractivity (Wildman–Crippen MR) is 72.5 cm³/mol. The Balaban J connectivity index is 2.01. The van der Waals surface area contributed by atoms with Gasteiger partial charge in [0.15, 0.2) is 11.6 Å². The molecule has 1 aliphatic carbocycles. The molecule has 1 fully saturated rings. The third kappa shape index (κ3) is 2.95. The monoisotopic (exact) mass is 251 g/mol. The number of rotatable bonds is 3. The van der Waals surface area contributed by atoms with Gasteiger partial charge in [0.2, 0.25) is 0 Å². The molecule has 3 heteroatoms. The highest BCUT2D eigenvalue weighted by atomic mass is 19.1. The maximum atomic E-state index is 13.3. The number of hydrogen-bond acceptors (Lipinski definition) is 2. The minimum atomic E-state index is -0.311. The minimum Gasteiger partial charge on any atom is -0.494 e. The average molecular weight is 251 g/mol. The SMILES string of the molecule is COc1cc(NC2CCC(C)C(C)C2)ccc1F. The van der Waals surface area contributed by atoms with Crippen LogP contribution in [0.1, 0.15) is 33.1 Å². The van der Waals surface area contributed by atoms with E-state index < -0.39 is 0 Å².